The van der Waals surface area contributed by atoms with Crippen LogP contribution in [0.1, 0.15) is 21.7 Å². The SMILES string of the molecule is COc1ccc(C(=O)c2oc3ccccc3c2NC(=O)/C=C/c2ccc(Cl)cc2Cl)cc1. The Labute approximate surface area is 194 Å². The molecule has 0 fully saturated rings. The summed E-state index contributed by atoms with van der Waals surface area (Å²) < 4.78 is 11.0. The molecule has 1 amide bonds. The second-order valence-electron chi connectivity index (χ2n) is 6.85. The van der Waals surface area contributed by atoms with Crippen molar-refractivity contribution in [2.24, 2.45) is 0 Å². The van der Waals surface area contributed by atoms with Crippen molar-refractivity contribution in [3.8, 4) is 5.75 Å². The number of carbonyl (C=O) groups is 2. The van der Waals surface area contributed by atoms with Gasteiger partial charge in [-0.3, -0.25) is 9.59 Å². The number of hydrogen-bond acceptors (Lipinski definition) is 4. The molecule has 1 aromatic heterocycles. The van der Waals surface area contributed by atoms with Crippen molar-refractivity contribution in [1.29, 1.82) is 0 Å². The summed E-state index contributed by atoms with van der Waals surface area (Å²) in [5.41, 5.74) is 1.84. The molecular weight excluding hydrogens is 449 g/mol. The zero-order valence-corrected chi connectivity index (χ0v) is 18.4. The van der Waals surface area contributed by atoms with Crippen LogP contribution in [-0.2, 0) is 4.79 Å². The maximum atomic E-state index is 13.1. The lowest BCUT2D eigenvalue weighted by Gasteiger charge is -2.05. The third-order valence-electron chi connectivity index (χ3n) is 4.78. The molecular formula is C25H17Cl2NO4. The molecule has 3 aromatic carbocycles. The highest BCUT2D eigenvalue weighted by molar-refractivity contribution is 6.35. The van der Waals surface area contributed by atoms with Crippen molar-refractivity contribution >= 4 is 57.6 Å². The Bertz CT molecular complexity index is 1340. The minimum Gasteiger partial charge on any atom is -0.497 e. The Balaban J connectivity index is 1.66. The van der Waals surface area contributed by atoms with Gasteiger partial charge in [-0.05, 0) is 60.2 Å². The molecule has 7 heteroatoms. The highest BCUT2D eigenvalue weighted by Crippen LogP contribution is 2.33. The van der Waals surface area contributed by atoms with Crippen LogP contribution in [0.5, 0.6) is 5.75 Å². The number of carbonyl (C=O) groups excluding carboxylic acids is 2. The third kappa shape index (κ3) is 4.54. The van der Waals surface area contributed by atoms with Gasteiger partial charge < -0.3 is 14.5 Å². The lowest BCUT2D eigenvalue weighted by Crippen LogP contribution is -2.11. The summed E-state index contributed by atoms with van der Waals surface area (Å²) in [6.07, 6.45) is 2.90. The van der Waals surface area contributed by atoms with Crippen molar-refractivity contribution in [2.75, 3.05) is 12.4 Å². The summed E-state index contributed by atoms with van der Waals surface area (Å²) in [4.78, 5) is 25.8. The van der Waals surface area contributed by atoms with Crippen molar-refractivity contribution in [1.82, 2.24) is 0 Å². The maximum absolute atomic E-state index is 13.1. The normalized spacial score (nSPS) is 11.1. The van der Waals surface area contributed by atoms with Gasteiger partial charge in [0.1, 0.15) is 11.3 Å². The molecule has 0 saturated heterocycles. The van der Waals surface area contributed by atoms with Crippen LogP contribution in [0.4, 0.5) is 5.69 Å². The lowest BCUT2D eigenvalue weighted by atomic mass is 10.1. The van der Waals surface area contributed by atoms with Crippen molar-refractivity contribution < 1.29 is 18.7 Å². The second kappa shape index (κ2) is 9.30. The lowest BCUT2D eigenvalue weighted by molar-refractivity contribution is -0.111. The van der Waals surface area contributed by atoms with Crippen molar-refractivity contribution in [3.05, 3.63) is 99.7 Å². The number of fused-ring (bicyclic) bond motifs is 1. The van der Waals surface area contributed by atoms with Crippen LogP contribution in [0.25, 0.3) is 17.0 Å². The number of ether oxygens (including phenoxy) is 1. The van der Waals surface area contributed by atoms with Gasteiger partial charge in [0.15, 0.2) is 5.76 Å². The smallest absolute Gasteiger partial charge is 0.248 e. The van der Waals surface area contributed by atoms with Crippen LogP contribution in [-0.4, -0.2) is 18.8 Å². The number of nitrogens with one attached hydrogen (secondary N) is 1. The first-order valence-electron chi connectivity index (χ1n) is 9.60. The average molecular weight is 466 g/mol. The topological polar surface area (TPSA) is 68.5 Å². The molecule has 160 valence electrons. The molecule has 1 N–H and O–H groups in total. The summed E-state index contributed by atoms with van der Waals surface area (Å²) in [5, 5.41) is 4.32. The molecule has 4 rings (SSSR count). The van der Waals surface area contributed by atoms with Crippen LogP contribution in [0.3, 0.4) is 0 Å². The maximum Gasteiger partial charge on any atom is 0.248 e. The quantitative estimate of drug-likeness (QED) is 0.256. The number of amides is 1. The van der Waals surface area contributed by atoms with E-state index in [0.29, 0.717) is 43.6 Å². The highest BCUT2D eigenvalue weighted by atomic mass is 35.5. The van der Waals surface area contributed by atoms with Gasteiger partial charge >= 0.3 is 0 Å². The van der Waals surface area contributed by atoms with Crippen LogP contribution in [0.15, 0.2) is 77.2 Å². The minimum absolute atomic E-state index is 0.0441. The van der Waals surface area contributed by atoms with E-state index in [1.165, 1.54) is 6.08 Å². The van der Waals surface area contributed by atoms with Crippen LogP contribution >= 0.6 is 23.2 Å². The van der Waals surface area contributed by atoms with Crippen molar-refractivity contribution in [2.45, 2.75) is 0 Å². The van der Waals surface area contributed by atoms with E-state index in [0.717, 1.165) is 0 Å². The molecule has 0 bridgehead atoms. The Kier molecular flexibility index (Phi) is 6.30. The number of anilines is 1. The zero-order chi connectivity index (χ0) is 22.7. The molecule has 0 aliphatic carbocycles. The van der Waals surface area contributed by atoms with E-state index in [1.807, 2.05) is 0 Å². The van der Waals surface area contributed by atoms with Gasteiger partial charge in [0.25, 0.3) is 0 Å². The van der Waals surface area contributed by atoms with Crippen LogP contribution in [0.2, 0.25) is 10.0 Å². The number of halogens is 2. The summed E-state index contributed by atoms with van der Waals surface area (Å²) >= 11 is 12.1. The van der Waals surface area contributed by atoms with Gasteiger partial charge in [-0.1, -0.05) is 41.4 Å². The molecule has 0 saturated carbocycles. The molecule has 0 unspecified atom stereocenters. The van der Waals surface area contributed by atoms with E-state index in [4.69, 9.17) is 32.4 Å². The van der Waals surface area contributed by atoms with E-state index >= 15 is 0 Å². The average Bonchev–Trinajstić information content (AvgIpc) is 3.16. The van der Waals surface area contributed by atoms with Crippen LogP contribution in [0, 0.1) is 0 Å². The number of hydrogen-bond donors (Lipinski definition) is 1. The zero-order valence-electron chi connectivity index (χ0n) is 16.9. The number of methoxy groups -OCH3 is 1. The summed E-state index contributed by atoms with van der Waals surface area (Å²) in [7, 11) is 1.55. The van der Waals surface area contributed by atoms with Gasteiger partial charge in [0, 0.05) is 27.1 Å². The molecule has 0 atom stereocenters. The molecule has 0 aliphatic heterocycles. The number of ketones is 1. The predicted octanol–water partition coefficient (Wildman–Crippen LogP) is 6.63. The minimum atomic E-state index is -0.439. The van der Waals surface area contributed by atoms with Gasteiger partial charge in [-0.25, -0.2) is 0 Å². The van der Waals surface area contributed by atoms with E-state index < -0.39 is 5.91 Å². The molecule has 5 nitrogen and oxygen atoms in total. The van der Waals surface area contributed by atoms with E-state index in [1.54, 1.807) is 79.9 Å². The van der Waals surface area contributed by atoms with Crippen LogP contribution < -0.4 is 10.1 Å². The summed E-state index contributed by atoms with van der Waals surface area (Å²) in [6.45, 7) is 0. The standard InChI is InChI=1S/C25H17Cl2NO4/c1-31-18-11-7-16(8-12-18)24(30)25-23(19-4-2-3-5-21(19)32-25)28-22(29)13-9-15-6-10-17(26)14-20(15)27/h2-14H,1H3,(H,28,29)/b13-9+. The van der Waals surface area contributed by atoms with E-state index in [9.17, 15) is 9.59 Å². The third-order valence-corrected chi connectivity index (χ3v) is 5.34. The Hall–Kier alpha value is -3.54. The van der Waals surface area contributed by atoms with Gasteiger partial charge in [-0.2, -0.15) is 0 Å². The van der Waals surface area contributed by atoms with E-state index in [2.05, 4.69) is 5.32 Å². The van der Waals surface area contributed by atoms with Gasteiger partial charge in [0.2, 0.25) is 11.7 Å². The molecule has 0 radical (unpaired) electrons. The number of benzene rings is 3. The summed E-state index contributed by atoms with van der Waals surface area (Å²) in [6, 6.07) is 18.7. The van der Waals surface area contributed by atoms with Gasteiger partial charge in [-0.15, -0.1) is 0 Å². The molecule has 1 heterocycles. The highest BCUT2D eigenvalue weighted by Gasteiger charge is 2.23. The van der Waals surface area contributed by atoms with Crippen molar-refractivity contribution in [3.63, 3.8) is 0 Å². The monoisotopic (exact) mass is 465 g/mol. The molecule has 0 aliphatic rings. The van der Waals surface area contributed by atoms with Gasteiger partial charge in [0.05, 0.1) is 12.8 Å². The number of furan rings is 1. The Morgan fingerprint density at radius 1 is 1.00 bits per heavy atom. The summed E-state index contributed by atoms with van der Waals surface area (Å²) in [5.74, 6) is -0.122. The fourth-order valence-electron chi connectivity index (χ4n) is 3.17. The Morgan fingerprint density at radius 3 is 2.47 bits per heavy atom. The number of rotatable bonds is 6. The Morgan fingerprint density at radius 2 is 1.75 bits per heavy atom. The first-order chi connectivity index (χ1) is 15.5. The number of para-hydroxylation sites is 1. The molecule has 0 spiro atoms. The largest absolute Gasteiger partial charge is 0.497 e. The molecule has 32 heavy (non-hydrogen) atoms. The molecule has 4 aromatic rings. The first-order valence-corrected chi connectivity index (χ1v) is 10.4. The fourth-order valence-corrected chi connectivity index (χ4v) is 3.64. The van der Waals surface area contributed by atoms with E-state index in [-0.39, 0.29) is 11.5 Å². The fraction of sp³-hybridized carbons (Fsp3) is 0.0400. The first kappa shape index (κ1) is 21.7. The second-order valence-corrected chi connectivity index (χ2v) is 7.69. The predicted molar refractivity (Wildman–Crippen MR) is 127 cm³/mol.